The minimum atomic E-state index is -4.75. The third-order valence-corrected chi connectivity index (χ3v) is 7.22. The van der Waals surface area contributed by atoms with E-state index in [0.717, 1.165) is 31.8 Å². The molecule has 0 unspecified atom stereocenters. The normalized spacial score (nSPS) is 14.6. The minimum Gasteiger partial charge on any atom is -0.492 e. The fraction of sp³-hybridized carbons (Fsp3) is 0.360. The number of anilines is 3. The van der Waals surface area contributed by atoms with E-state index < -0.39 is 27.7 Å². The van der Waals surface area contributed by atoms with Crippen molar-refractivity contribution in [1.29, 1.82) is 0 Å². The lowest BCUT2D eigenvalue weighted by molar-refractivity contribution is -0.141. The van der Waals surface area contributed by atoms with Crippen LogP contribution in [0.25, 0.3) is 0 Å². The highest BCUT2D eigenvalue weighted by Crippen LogP contribution is 2.30. The molecular formula is C25H28F4N6O4S. The van der Waals surface area contributed by atoms with Crippen molar-refractivity contribution in [3.05, 3.63) is 66.1 Å². The maximum absolute atomic E-state index is 13.4. The molecule has 1 aliphatic heterocycles. The van der Waals surface area contributed by atoms with Gasteiger partial charge in [-0.25, -0.2) is 22.5 Å². The first-order valence-electron chi connectivity index (χ1n) is 12.3. The van der Waals surface area contributed by atoms with Crippen molar-refractivity contribution in [1.82, 2.24) is 19.6 Å². The van der Waals surface area contributed by atoms with Crippen LogP contribution >= 0.6 is 0 Å². The number of alkyl halides is 3. The molecule has 3 N–H and O–H groups in total. The number of morpholine rings is 1. The molecule has 0 bridgehead atoms. The summed E-state index contributed by atoms with van der Waals surface area (Å²) in [7, 11) is -3.88. The molecule has 2 aromatic carbocycles. The Morgan fingerprint density at radius 2 is 1.68 bits per heavy atom. The van der Waals surface area contributed by atoms with Crippen molar-refractivity contribution in [3.8, 4) is 5.75 Å². The predicted octanol–water partition coefficient (Wildman–Crippen LogP) is 3.48. The number of benzene rings is 2. The summed E-state index contributed by atoms with van der Waals surface area (Å²) >= 11 is 0. The lowest BCUT2D eigenvalue weighted by atomic mass is 10.3. The van der Waals surface area contributed by atoms with Crippen LogP contribution in [0.1, 0.15) is 5.69 Å². The number of sulfonamides is 1. The highest BCUT2D eigenvalue weighted by molar-refractivity contribution is 7.89. The zero-order valence-corrected chi connectivity index (χ0v) is 22.1. The topological polar surface area (TPSA) is 118 Å². The Hall–Kier alpha value is -3.53. The molecule has 40 heavy (non-hydrogen) atoms. The molecule has 0 radical (unpaired) electrons. The highest BCUT2D eigenvalue weighted by Gasteiger charge is 2.33. The van der Waals surface area contributed by atoms with Gasteiger partial charge in [0.25, 0.3) is 0 Å². The molecule has 10 nitrogen and oxygen atoms in total. The van der Waals surface area contributed by atoms with Crippen LogP contribution in [0.4, 0.5) is 35.0 Å². The van der Waals surface area contributed by atoms with Crippen LogP contribution in [0.2, 0.25) is 0 Å². The van der Waals surface area contributed by atoms with E-state index in [-0.39, 0.29) is 29.8 Å². The first kappa shape index (κ1) is 29.5. The van der Waals surface area contributed by atoms with E-state index in [1.165, 1.54) is 24.3 Å². The highest BCUT2D eigenvalue weighted by atomic mass is 32.2. The molecule has 0 atom stereocenters. The standard InChI is InChI=1S/C25H28F4N6O4S/c26-18-1-3-19(4-2-18)32-23-17-22(25(27,28)29)33-24(34-23)30-9-10-31-40(36,37)21-7-5-20(6-8-21)39-16-13-35-11-14-38-15-12-35/h1-8,17,31H,9-16H2,(H2,30,32,33,34). The molecule has 1 aliphatic rings. The van der Waals surface area contributed by atoms with E-state index in [1.807, 2.05) is 0 Å². The molecular weight excluding hydrogens is 556 g/mol. The van der Waals surface area contributed by atoms with E-state index in [0.29, 0.717) is 37.3 Å². The lowest BCUT2D eigenvalue weighted by Crippen LogP contribution is -2.38. The lowest BCUT2D eigenvalue weighted by Gasteiger charge is -2.26. The van der Waals surface area contributed by atoms with Crippen molar-refractivity contribution in [2.75, 3.05) is 63.2 Å². The molecule has 0 saturated carbocycles. The van der Waals surface area contributed by atoms with Crippen molar-refractivity contribution in [2.45, 2.75) is 11.1 Å². The van der Waals surface area contributed by atoms with Crippen molar-refractivity contribution >= 4 is 27.5 Å². The Morgan fingerprint density at radius 3 is 2.35 bits per heavy atom. The number of aromatic nitrogens is 2. The molecule has 1 fully saturated rings. The van der Waals surface area contributed by atoms with Crippen LogP contribution in [-0.2, 0) is 20.9 Å². The van der Waals surface area contributed by atoms with Gasteiger partial charge >= 0.3 is 6.18 Å². The Labute approximate surface area is 228 Å². The molecule has 2 heterocycles. The summed E-state index contributed by atoms with van der Waals surface area (Å²) in [5, 5.41) is 5.26. The SMILES string of the molecule is O=S(=O)(NCCNc1nc(Nc2ccc(F)cc2)cc(C(F)(F)F)n1)c1ccc(OCCN2CCOCC2)cc1. The number of ether oxygens (including phenoxy) is 2. The fourth-order valence-electron chi connectivity index (χ4n) is 3.69. The average molecular weight is 585 g/mol. The number of halogens is 4. The quantitative estimate of drug-likeness (QED) is 0.217. The number of nitrogens with one attached hydrogen (secondary N) is 3. The fourth-order valence-corrected chi connectivity index (χ4v) is 4.72. The monoisotopic (exact) mass is 584 g/mol. The molecule has 1 saturated heterocycles. The summed E-state index contributed by atoms with van der Waals surface area (Å²) in [5.41, 5.74) is -0.886. The minimum absolute atomic E-state index is 0.00846. The maximum atomic E-state index is 13.4. The van der Waals surface area contributed by atoms with E-state index in [2.05, 4.69) is 30.2 Å². The number of rotatable bonds is 12. The first-order chi connectivity index (χ1) is 19.1. The van der Waals surface area contributed by atoms with Gasteiger partial charge in [0.1, 0.15) is 24.0 Å². The Morgan fingerprint density at radius 1 is 0.975 bits per heavy atom. The molecule has 1 aromatic heterocycles. The van der Waals surface area contributed by atoms with E-state index in [9.17, 15) is 26.0 Å². The van der Waals surface area contributed by atoms with Crippen LogP contribution in [0, 0.1) is 5.82 Å². The number of nitrogens with zero attached hydrogens (tertiary/aromatic N) is 3. The van der Waals surface area contributed by atoms with Gasteiger partial charge < -0.3 is 20.1 Å². The molecule has 216 valence electrons. The molecule has 0 aliphatic carbocycles. The van der Waals surface area contributed by atoms with Gasteiger partial charge in [-0.3, -0.25) is 4.90 Å². The van der Waals surface area contributed by atoms with E-state index >= 15 is 0 Å². The van der Waals surface area contributed by atoms with E-state index in [1.54, 1.807) is 12.1 Å². The van der Waals surface area contributed by atoms with Crippen LogP contribution in [0.5, 0.6) is 5.75 Å². The van der Waals surface area contributed by atoms with Crippen LogP contribution in [0.15, 0.2) is 59.5 Å². The van der Waals surface area contributed by atoms with Gasteiger partial charge in [0.05, 0.1) is 18.1 Å². The molecule has 4 rings (SSSR count). The van der Waals surface area contributed by atoms with Gasteiger partial charge in [-0.2, -0.15) is 18.2 Å². The number of hydrogen-bond donors (Lipinski definition) is 3. The van der Waals surface area contributed by atoms with Gasteiger partial charge in [0.2, 0.25) is 16.0 Å². The van der Waals surface area contributed by atoms with Crippen molar-refractivity contribution in [2.24, 2.45) is 0 Å². The summed E-state index contributed by atoms with van der Waals surface area (Å²) < 4.78 is 91.8. The molecule has 0 spiro atoms. The van der Waals surface area contributed by atoms with Crippen molar-refractivity contribution < 1.29 is 35.5 Å². The van der Waals surface area contributed by atoms with E-state index in [4.69, 9.17) is 9.47 Å². The zero-order valence-electron chi connectivity index (χ0n) is 21.2. The Balaban J connectivity index is 1.29. The molecule has 3 aromatic rings. The summed E-state index contributed by atoms with van der Waals surface area (Å²) in [4.78, 5) is 9.69. The van der Waals surface area contributed by atoms with Gasteiger partial charge in [0.15, 0.2) is 5.69 Å². The van der Waals surface area contributed by atoms with Gasteiger partial charge in [-0.1, -0.05) is 0 Å². The molecule has 0 amide bonds. The predicted molar refractivity (Wildman–Crippen MR) is 140 cm³/mol. The third kappa shape index (κ3) is 8.74. The first-order valence-corrected chi connectivity index (χ1v) is 13.8. The Bertz CT molecular complexity index is 1350. The van der Waals surface area contributed by atoms with Gasteiger partial charge in [-0.05, 0) is 48.5 Å². The summed E-state index contributed by atoms with van der Waals surface area (Å²) in [5.74, 6) is -0.514. The zero-order chi connectivity index (χ0) is 28.6. The Kier molecular flexibility index (Phi) is 9.73. The van der Waals surface area contributed by atoms with Gasteiger partial charge in [-0.15, -0.1) is 0 Å². The van der Waals surface area contributed by atoms with Gasteiger partial charge in [0, 0.05) is 44.5 Å². The third-order valence-electron chi connectivity index (χ3n) is 5.75. The summed E-state index contributed by atoms with van der Waals surface area (Å²) in [6.07, 6.45) is -4.75. The van der Waals surface area contributed by atoms with Crippen molar-refractivity contribution in [3.63, 3.8) is 0 Å². The van der Waals surface area contributed by atoms with Crippen LogP contribution < -0.4 is 20.1 Å². The second-order valence-electron chi connectivity index (χ2n) is 8.69. The largest absolute Gasteiger partial charge is 0.492 e. The summed E-state index contributed by atoms with van der Waals surface area (Å²) in [6, 6.07) is 11.6. The molecule has 15 heteroatoms. The average Bonchev–Trinajstić information content (AvgIpc) is 2.93. The second kappa shape index (κ2) is 13.2. The number of hydrogen-bond acceptors (Lipinski definition) is 9. The maximum Gasteiger partial charge on any atom is 0.433 e. The van der Waals surface area contributed by atoms with Crippen LogP contribution in [-0.4, -0.2) is 75.8 Å². The van der Waals surface area contributed by atoms with Crippen LogP contribution in [0.3, 0.4) is 0 Å². The smallest absolute Gasteiger partial charge is 0.433 e. The second-order valence-corrected chi connectivity index (χ2v) is 10.5. The summed E-state index contributed by atoms with van der Waals surface area (Å²) in [6.45, 7) is 4.01.